The number of hydrogen-bond donors (Lipinski definition) is 2. The van der Waals surface area contributed by atoms with Crippen LogP contribution < -0.4 is 5.32 Å². The van der Waals surface area contributed by atoms with Gasteiger partial charge in [-0.2, -0.15) is 0 Å². The quantitative estimate of drug-likeness (QED) is 0.649. The Morgan fingerprint density at radius 2 is 2.25 bits per heavy atom. The monoisotopic (exact) mass is 230 g/mol. The van der Waals surface area contributed by atoms with E-state index in [1.54, 1.807) is 20.8 Å². The van der Waals surface area contributed by atoms with E-state index in [4.69, 9.17) is 9.84 Å². The average molecular weight is 230 g/mol. The zero-order chi connectivity index (χ0) is 12.3. The molecule has 2 N–H and O–H groups in total. The standard InChI is InChI=1S/C10H18N2O4/c1-10(2,3)16-9(15)12-5-8(14)11-4-7(12)6-13/h7,13H,4-6H2,1-3H3,(H,11,14). The number of rotatable bonds is 1. The number of hydrogen-bond acceptors (Lipinski definition) is 4. The first-order valence-electron chi connectivity index (χ1n) is 5.20. The zero-order valence-electron chi connectivity index (χ0n) is 9.82. The van der Waals surface area contributed by atoms with Gasteiger partial charge in [0.05, 0.1) is 12.6 Å². The molecule has 1 unspecified atom stereocenters. The number of aliphatic hydroxyl groups excluding tert-OH is 1. The van der Waals surface area contributed by atoms with E-state index in [2.05, 4.69) is 5.32 Å². The molecule has 1 rings (SSSR count). The Labute approximate surface area is 94.6 Å². The van der Waals surface area contributed by atoms with E-state index >= 15 is 0 Å². The summed E-state index contributed by atoms with van der Waals surface area (Å²) in [5, 5.41) is 11.7. The van der Waals surface area contributed by atoms with Crippen molar-refractivity contribution >= 4 is 12.0 Å². The molecule has 1 aliphatic heterocycles. The summed E-state index contributed by atoms with van der Waals surface area (Å²) in [7, 11) is 0. The van der Waals surface area contributed by atoms with Gasteiger partial charge in [-0.25, -0.2) is 4.79 Å². The summed E-state index contributed by atoms with van der Waals surface area (Å²) in [5.74, 6) is -0.240. The molecule has 0 saturated carbocycles. The van der Waals surface area contributed by atoms with Crippen LogP contribution in [0.1, 0.15) is 20.8 Å². The maximum Gasteiger partial charge on any atom is 0.411 e. The SMILES string of the molecule is CC(C)(C)OC(=O)N1CC(=O)NCC1CO. The Balaban J connectivity index is 2.67. The number of carbonyl (C=O) groups is 2. The lowest BCUT2D eigenvalue weighted by Crippen LogP contribution is -2.58. The van der Waals surface area contributed by atoms with E-state index in [1.165, 1.54) is 4.90 Å². The van der Waals surface area contributed by atoms with Gasteiger partial charge in [0.25, 0.3) is 0 Å². The van der Waals surface area contributed by atoms with E-state index in [-0.39, 0.29) is 25.6 Å². The molecule has 16 heavy (non-hydrogen) atoms. The predicted octanol–water partition coefficient (Wildman–Crippen LogP) is -0.286. The van der Waals surface area contributed by atoms with Crippen LogP contribution in [0.5, 0.6) is 0 Å². The van der Waals surface area contributed by atoms with Gasteiger partial charge in [0.1, 0.15) is 12.1 Å². The van der Waals surface area contributed by atoms with Crippen LogP contribution in [-0.4, -0.2) is 53.3 Å². The fourth-order valence-corrected chi connectivity index (χ4v) is 1.38. The number of aliphatic hydroxyl groups is 1. The van der Waals surface area contributed by atoms with Crippen molar-refractivity contribution in [2.45, 2.75) is 32.4 Å². The summed E-state index contributed by atoms with van der Waals surface area (Å²) in [6, 6.07) is -0.410. The van der Waals surface area contributed by atoms with Gasteiger partial charge in [0.15, 0.2) is 0 Å². The molecule has 1 aliphatic rings. The van der Waals surface area contributed by atoms with Gasteiger partial charge in [-0.05, 0) is 20.8 Å². The van der Waals surface area contributed by atoms with Crippen LogP contribution in [0.3, 0.4) is 0 Å². The minimum atomic E-state index is -0.606. The topological polar surface area (TPSA) is 78.9 Å². The molecule has 0 aromatic rings. The van der Waals surface area contributed by atoms with E-state index in [0.29, 0.717) is 0 Å². The molecule has 1 saturated heterocycles. The fraction of sp³-hybridized carbons (Fsp3) is 0.800. The third-order valence-electron chi connectivity index (χ3n) is 2.13. The number of nitrogens with zero attached hydrogens (tertiary/aromatic N) is 1. The lowest BCUT2D eigenvalue weighted by molar-refractivity contribution is -0.126. The van der Waals surface area contributed by atoms with Crippen molar-refractivity contribution in [1.82, 2.24) is 10.2 Å². The van der Waals surface area contributed by atoms with Gasteiger partial charge in [-0.1, -0.05) is 0 Å². The molecule has 92 valence electrons. The van der Waals surface area contributed by atoms with E-state index in [1.807, 2.05) is 0 Å². The number of piperazine rings is 1. The van der Waals surface area contributed by atoms with Crippen LogP contribution in [0.15, 0.2) is 0 Å². The van der Waals surface area contributed by atoms with Gasteiger partial charge in [-0.3, -0.25) is 9.69 Å². The van der Waals surface area contributed by atoms with Crippen LogP contribution >= 0.6 is 0 Å². The van der Waals surface area contributed by atoms with E-state index < -0.39 is 17.7 Å². The molecule has 6 nitrogen and oxygen atoms in total. The molecule has 1 fully saturated rings. The Morgan fingerprint density at radius 1 is 1.62 bits per heavy atom. The van der Waals surface area contributed by atoms with Crippen molar-refractivity contribution < 1.29 is 19.4 Å². The molecular formula is C10H18N2O4. The Morgan fingerprint density at radius 3 is 2.75 bits per heavy atom. The van der Waals surface area contributed by atoms with Gasteiger partial charge >= 0.3 is 6.09 Å². The highest BCUT2D eigenvalue weighted by Gasteiger charge is 2.32. The molecule has 0 spiro atoms. The first-order chi connectivity index (χ1) is 7.33. The molecule has 0 aromatic heterocycles. The molecule has 1 heterocycles. The minimum absolute atomic E-state index is 0.0693. The van der Waals surface area contributed by atoms with Crippen molar-refractivity contribution in [2.75, 3.05) is 19.7 Å². The smallest absolute Gasteiger partial charge is 0.411 e. The highest BCUT2D eigenvalue weighted by Crippen LogP contribution is 2.13. The van der Waals surface area contributed by atoms with Crippen LogP contribution in [-0.2, 0) is 9.53 Å². The molecule has 1 atom stereocenters. The molecule has 0 aromatic carbocycles. The third kappa shape index (κ3) is 3.37. The molecule has 2 amide bonds. The number of amides is 2. The molecule has 0 radical (unpaired) electrons. The predicted molar refractivity (Wildman–Crippen MR) is 56.8 cm³/mol. The lowest BCUT2D eigenvalue weighted by atomic mass is 10.2. The second-order valence-electron chi connectivity index (χ2n) is 4.75. The van der Waals surface area contributed by atoms with Crippen molar-refractivity contribution in [2.24, 2.45) is 0 Å². The number of carbonyl (C=O) groups excluding carboxylic acids is 2. The molecule has 0 aliphatic carbocycles. The third-order valence-corrected chi connectivity index (χ3v) is 2.13. The first kappa shape index (κ1) is 12.8. The highest BCUT2D eigenvalue weighted by atomic mass is 16.6. The summed E-state index contributed by atoms with van der Waals surface area (Å²) < 4.78 is 5.15. The van der Waals surface area contributed by atoms with E-state index in [0.717, 1.165) is 0 Å². The second-order valence-corrected chi connectivity index (χ2v) is 4.75. The number of ether oxygens (including phenoxy) is 1. The zero-order valence-corrected chi connectivity index (χ0v) is 9.82. The van der Waals surface area contributed by atoms with Crippen molar-refractivity contribution in [3.63, 3.8) is 0 Å². The normalized spacial score (nSPS) is 21.6. The first-order valence-corrected chi connectivity index (χ1v) is 5.20. The van der Waals surface area contributed by atoms with Crippen LogP contribution in [0, 0.1) is 0 Å². The van der Waals surface area contributed by atoms with E-state index in [9.17, 15) is 9.59 Å². The Bertz CT molecular complexity index is 285. The number of nitrogens with one attached hydrogen (secondary N) is 1. The molecule has 0 bridgehead atoms. The van der Waals surface area contributed by atoms with Gasteiger partial charge in [0.2, 0.25) is 5.91 Å². The fourth-order valence-electron chi connectivity index (χ4n) is 1.38. The summed E-state index contributed by atoms with van der Waals surface area (Å²) >= 11 is 0. The largest absolute Gasteiger partial charge is 0.444 e. The van der Waals surface area contributed by atoms with Crippen LogP contribution in [0.25, 0.3) is 0 Å². The second kappa shape index (κ2) is 4.69. The lowest BCUT2D eigenvalue weighted by Gasteiger charge is -2.35. The average Bonchev–Trinajstić information content (AvgIpc) is 2.15. The Hall–Kier alpha value is -1.30. The summed E-state index contributed by atoms with van der Waals surface area (Å²) in [4.78, 5) is 24.2. The summed E-state index contributed by atoms with van der Waals surface area (Å²) in [5.41, 5.74) is -0.606. The van der Waals surface area contributed by atoms with Crippen molar-refractivity contribution in [1.29, 1.82) is 0 Å². The summed E-state index contributed by atoms with van der Waals surface area (Å²) in [6.07, 6.45) is -0.568. The molecule has 6 heteroatoms. The Kier molecular flexibility index (Phi) is 3.74. The minimum Gasteiger partial charge on any atom is -0.444 e. The van der Waals surface area contributed by atoms with Crippen LogP contribution in [0.4, 0.5) is 4.79 Å². The van der Waals surface area contributed by atoms with Crippen LogP contribution in [0.2, 0.25) is 0 Å². The maximum atomic E-state index is 11.7. The van der Waals surface area contributed by atoms with Gasteiger partial charge in [-0.15, -0.1) is 0 Å². The summed E-state index contributed by atoms with van der Waals surface area (Å²) in [6.45, 7) is 5.25. The maximum absolute atomic E-state index is 11.7. The van der Waals surface area contributed by atoms with Crippen molar-refractivity contribution in [3.05, 3.63) is 0 Å². The highest BCUT2D eigenvalue weighted by molar-refractivity contribution is 5.83. The van der Waals surface area contributed by atoms with Crippen molar-refractivity contribution in [3.8, 4) is 0 Å². The van der Waals surface area contributed by atoms with Gasteiger partial charge in [0, 0.05) is 6.54 Å². The molecular weight excluding hydrogens is 212 g/mol. The van der Waals surface area contributed by atoms with Gasteiger partial charge < -0.3 is 15.2 Å².